The van der Waals surface area contributed by atoms with Crippen molar-refractivity contribution in [3.05, 3.63) is 53.6 Å². The summed E-state index contributed by atoms with van der Waals surface area (Å²) in [6.45, 7) is 2.44. The van der Waals surface area contributed by atoms with Gasteiger partial charge in [0.25, 0.3) is 5.91 Å². The molecule has 0 heterocycles. The Hall–Kier alpha value is -3.02. The van der Waals surface area contributed by atoms with Crippen LogP contribution >= 0.6 is 0 Å². The number of carbonyl (C=O) groups is 2. The molecular formula is C17H18N2O4. The molecule has 0 unspecified atom stereocenters. The van der Waals surface area contributed by atoms with Gasteiger partial charge in [0.1, 0.15) is 5.75 Å². The molecule has 120 valence electrons. The molecule has 0 radical (unpaired) electrons. The Balaban J connectivity index is 2.18. The molecule has 0 aliphatic heterocycles. The topological polar surface area (TPSA) is 90.6 Å². The minimum Gasteiger partial charge on any atom is -0.494 e. The molecule has 0 saturated heterocycles. The lowest BCUT2D eigenvalue weighted by Gasteiger charge is -2.11. The maximum absolute atomic E-state index is 12.3. The molecule has 0 bridgehead atoms. The van der Waals surface area contributed by atoms with Crippen molar-refractivity contribution in [1.82, 2.24) is 0 Å². The molecule has 0 atom stereocenters. The Labute approximate surface area is 134 Å². The van der Waals surface area contributed by atoms with E-state index in [0.29, 0.717) is 23.6 Å². The highest BCUT2D eigenvalue weighted by Crippen LogP contribution is 2.24. The number of methoxy groups -OCH3 is 1. The van der Waals surface area contributed by atoms with E-state index in [4.69, 9.17) is 10.5 Å². The van der Waals surface area contributed by atoms with Crippen molar-refractivity contribution in [3.8, 4) is 5.75 Å². The quantitative estimate of drug-likeness (QED) is 0.654. The number of para-hydroxylation sites is 1. The minimum absolute atomic E-state index is 0.165. The zero-order valence-electron chi connectivity index (χ0n) is 13.0. The molecule has 2 aromatic carbocycles. The number of hydrogen-bond acceptors (Lipinski definition) is 5. The van der Waals surface area contributed by atoms with Crippen LogP contribution in [-0.4, -0.2) is 25.6 Å². The van der Waals surface area contributed by atoms with Crippen LogP contribution in [0.5, 0.6) is 5.75 Å². The number of nitrogens with one attached hydrogen (secondary N) is 1. The van der Waals surface area contributed by atoms with Gasteiger partial charge in [-0.2, -0.15) is 0 Å². The average Bonchev–Trinajstić information content (AvgIpc) is 2.57. The van der Waals surface area contributed by atoms with Gasteiger partial charge in [-0.3, -0.25) is 4.79 Å². The van der Waals surface area contributed by atoms with Gasteiger partial charge in [0.15, 0.2) is 0 Å². The third kappa shape index (κ3) is 3.79. The SMILES string of the molecule is CCOc1ccc(C(=O)Nc2cccc(C(=O)OC)c2N)cc1. The van der Waals surface area contributed by atoms with Crippen molar-refractivity contribution in [2.24, 2.45) is 0 Å². The Morgan fingerprint density at radius 3 is 2.43 bits per heavy atom. The summed E-state index contributed by atoms with van der Waals surface area (Å²) in [5, 5.41) is 2.68. The third-order valence-electron chi connectivity index (χ3n) is 3.19. The monoisotopic (exact) mass is 314 g/mol. The summed E-state index contributed by atoms with van der Waals surface area (Å²) in [7, 11) is 1.27. The number of nitrogen functional groups attached to an aromatic ring is 1. The van der Waals surface area contributed by atoms with E-state index >= 15 is 0 Å². The van der Waals surface area contributed by atoms with Crippen LogP contribution in [0.25, 0.3) is 0 Å². The largest absolute Gasteiger partial charge is 0.494 e. The molecular weight excluding hydrogens is 296 g/mol. The predicted octanol–water partition coefficient (Wildman–Crippen LogP) is 2.71. The Bertz CT molecular complexity index is 711. The number of ether oxygens (including phenoxy) is 2. The van der Waals surface area contributed by atoms with Crippen molar-refractivity contribution < 1.29 is 19.1 Å². The first-order chi connectivity index (χ1) is 11.1. The van der Waals surface area contributed by atoms with Crippen molar-refractivity contribution in [2.75, 3.05) is 24.8 Å². The van der Waals surface area contributed by atoms with Gasteiger partial charge in [-0.1, -0.05) is 6.07 Å². The molecule has 23 heavy (non-hydrogen) atoms. The van der Waals surface area contributed by atoms with Crippen molar-refractivity contribution in [3.63, 3.8) is 0 Å². The zero-order valence-corrected chi connectivity index (χ0v) is 13.0. The van der Waals surface area contributed by atoms with Crippen LogP contribution in [0.1, 0.15) is 27.6 Å². The molecule has 0 spiro atoms. The number of anilines is 2. The second-order valence-corrected chi connectivity index (χ2v) is 4.67. The lowest BCUT2D eigenvalue weighted by Crippen LogP contribution is -2.15. The van der Waals surface area contributed by atoms with E-state index < -0.39 is 5.97 Å². The fraction of sp³-hybridized carbons (Fsp3) is 0.176. The number of hydrogen-bond donors (Lipinski definition) is 2. The molecule has 3 N–H and O–H groups in total. The van der Waals surface area contributed by atoms with Gasteiger partial charge in [0, 0.05) is 5.56 Å². The molecule has 0 aromatic heterocycles. The summed E-state index contributed by atoms with van der Waals surface area (Å²) in [5.41, 5.74) is 7.09. The number of esters is 1. The molecule has 6 nitrogen and oxygen atoms in total. The zero-order chi connectivity index (χ0) is 16.8. The average molecular weight is 314 g/mol. The number of rotatable bonds is 5. The number of benzene rings is 2. The van der Waals surface area contributed by atoms with Gasteiger partial charge < -0.3 is 20.5 Å². The maximum Gasteiger partial charge on any atom is 0.340 e. The van der Waals surface area contributed by atoms with E-state index in [1.165, 1.54) is 13.2 Å². The highest BCUT2D eigenvalue weighted by Gasteiger charge is 2.15. The van der Waals surface area contributed by atoms with Gasteiger partial charge in [-0.25, -0.2) is 4.79 Å². The third-order valence-corrected chi connectivity index (χ3v) is 3.19. The number of carbonyl (C=O) groups excluding carboxylic acids is 2. The van der Waals surface area contributed by atoms with Gasteiger partial charge in [0.05, 0.1) is 30.7 Å². The molecule has 0 aliphatic rings. The second-order valence-electron chi connectivity index (χ2n) is 4.67. The van der Waals surface area contributed by atoms with Gasteiger partial charge in [-0.05, 0) is 43.3 Å². The standard InChI is InChI=1S/C17H18N2O4/c1-3-23-12-9-7-11(8-10-12)16(20)19-14-6-4-5-13(15(14)18)17(21)22-2/h4-10H,3,18H2,1-2H3,(H,19,20). The van der Waals surface area contributed by atoms with Crippen LogP contribution in [-0.2, 0) is 4.74 Å². The maximum atomic E-state index is 12.3. The summed E-state index contributed by atoms with van der Waals surface area (Å²) in [6, 6.07) is 11.5. The van der Waals surface area contributed by atoms with Crippen LogP contribution < -0.4 is 15.8 Å². The van der Waals surface area contributed by atoms with Crippen LogP contribution in [0.2, 0.25) is 0 Å². The van der Waals surface area contributed by atoms with Gasteiger partial charge >= 0.3 is 5.97 Å². The highest BCUT2D eigenvalue weighted by atomic mass is 16.5. The molecule has 0 aliphatic carbocycles. The van der Waals surface area contributed by atoms with Crippen molar-refractivity contribution >= 4 is 23.3 Å². The Morgan fingerprint density at radius 2 is 1.83 bits per heavy atom. The minimum atomic E-state index is -0.556. The first kappa shape index (κ1) is 16.4. The molecule has 0 saturated carbocycles. The predicted molar refractivity (Wildman–Crippen MR) is 87.8 cm³/mol. The van der Waals surface area contributed by atoms with E-state index in [-0.39, 0.29) is 17.2 Å². The highest BCUT2D eigenvalue weighted by molar-refractivity contribution is 6.08. The lowest BCUT2D eigenvalue weighted by molar-refractivity contribution is 0.0601. The van der Waals surface area contributed by atoms with Gasteiger partial charge in [-0.15, -0.1) is 0 Å². The Morgan fingerprint density at radius 1 is 1.13 bits per heavy atom. The molecule has 2 aromatic rings. The summed E-state index contributed by atoms with van der Waals surface area (Å²) in [4.78, 5) is 23.9. The van der Waals surface area contributed by atoms with Crippen molar-refractivity contribution in [2.45, 2.75) is 6.92 Å². The normalized spacial score (nSPS) is 10.0. The van der Waals surface area contributed by atoms with E-state index in [2.05, 4.69) is 10.1 Å². The Kier molecular flexibility index (Phi) is 5.19. The summed E-state index contributed by atoms with van der Waals surface area (Å²) >= 11 is 0. The summed E-state index contributed by atoms with van der Waals surface area (Å²) in [5.74, 6) is -0.197. The molecule has 1 amide bonds. The second kappa shape index (κ2) is 7.31. The van der Waals surface area contributed by atoms with Gasteiger partial charge in [0.2, 0.25) is 0 Å². The van der Waals surface area contributed by atoms with E-state index in [9.17, 15) is 9.59 Å². The van der Waals surface area contributed by atoms with Crippen LogP contribution in [0.3, 0.4) is 0 Å². The van der Waals surface area contributed by atoms with Crippen molar-refractivity contribution in [1.29, 1.82) is 0 Å². The van der Waals surface area contributed by atoms with E-state index in [1.54, 1.807) is 36.4 Å². The molecule has 2 rings (SSSR count). The lowest BCUT2D eigenvalue weighted by atomic mass is 10.1. The molecule has 6 heteroatoms. The summed E-state index contributed by atoms with van der Waals surface area (Å²) < 4.78 is 9.98. The number of nitrogens with two attached hydrogens (primary N) is 1. The first-order valence-corrected chi connectivity index (χ1v) is 7.07. The van der Waals surface area contributed by atoms with E-state index in [0.717, 1.165) is 0 Å². The molecule has 0 fully saturated rings. The smallest absolute Gasteiger partial charge is 0.340 e. The van der Waals surface area contributed by atoms with E-state index in [1.807, 2.05) is 6.92 Å². The number of amides is 1. The van der Waals surface area contributed by atoms with Crippen LogP contribution in [0.4, 0.5) is 11.4 Å². The first-order valence-electron chi connectivity index (χ1n) is 7.07. The van der Waals surface area contributed by atoms with Crippen LogP contribution in [0, 0.1) is 0 Å². The summed E-state index contributed by atoms with van der Waals surface area (Å²) in [6.07, 6.45) is 0. The fourth-order valence-corrected chi connectivity index (χ4v) is 2.03. The fourth-order valence-electron chi connectivity index (χ4n) is 2.03. The van der Waals surface area contributed by atoms with Crippen LogP contribution in [0.15, 0.2) is 42.5 Å².